The molecule has 30 heavy (non-hydrogen) atoms. The fourth-order valence-corrected chi connectivity index (χ4v) is 5.43. The first-order valence-corrected chi connectivity index (χ1v) is 11.2. The Labute approximate surface area is 177 Å². The van der Waals surface area contributed by atoms with E-state index in [2.05, 4.69) is 33.3 Å². The van der Waals surface area contributed by atoms with Gasteiger partial charge in [0.15, 0.2) is 5.78 Å². The third-order valence-corrected chi connectivity index (χ3v) is 7.12. The zero-order chi connectivity index (χ0) is 20.2. The fourth-order valence-electron chi connectivity index (χ4n) is 5.43. The molecule has 1 aliphatic carbocycles. The number of nitrogens with one attached hydrogen (secondary N) is 1. The van der Waals surface area contributed by atoms with E-state index in [1.807, 2.05) is 24.3 Å². The molecule has 0 radical (unpaired) electrons. The van der Waals surface area contributed by atoms with Gasteiger partial charge in [-0.15, -0.1) is 0 Å². The Morgan fingerprint density at radius 1 is 0.933 bits per heavy atom. The Morgan fingerprint density at radius 2 is 1.67 bits per heavy atom. The van der Waals surface area contributed by atoms with Crippen molar-refractivity contribution in [1.29, 1.82) is 0 Å². The Hall–Kier alpha value is -2.57. The maximum atomic E-state index is 13.7. The lowest BCUT2D eigenvalue weighted by Gasteiger charge is -2.38. The predicted octanol–water partition coefficient (Wildman–Crippen LogP) is 3.42. The lowest BCUT2D eigenvalue weighted by molar-refractivity contribution is 0.101. The molecule has 2 aromatic rings. The second-order valence-electron chi connectivity index (χ2n) is 8.93. The lowest BCUT2D eigenvalue weighted by atomic mass is 9.81. The minimum absolute atomic E-state index is 0.135. The topological polar surface area (TPSA) is 48.0 Å². The number of ketones is 1. The zero-order valence-corrected chi connectivity index (χ0v) is 17.5. The van der Waals surface area contributed by atoms with Gasteiger partial charge in [-0.25, -0.2) is 0 Å². The van der Waals surface area contributed by atoms with Gasteiger partial charge in [-0.2, -0.15) is 0 Å². The minimum atomic E-state index is -0.222. The van der Waals surface area contributed by atoms with Crippen molar-refractivity contribution in [2.24, 2.45) is 0 Å². The van der Waals surface area contributed by atoms with Gasteiger partial charge in [-0.1, -0.05) is 24.3 Å². The molecule has 0 spiro atoms. The number of benzene rings is 2. The summed E-state index contributed by atoms with van der Waals surface area (Å²) in [6.07, 6.45) is 3.42. The second-order valence-corrected chi connectivity index (χ2v) is 8.93. The van der Waals surface area contributed by atoms with Crippen LogP contribution in [0.3, 0.4) is 0 Å². The van der Waals surface area contributed by atoms with E-state index in [1.165, 1.54) is 24.9 Å². The van der Waals surface area contributed by atoms with E-state index in [9.17, 15) is 4.79 Å². The molecule has 6 rings (SSSR count). The molecule has 2 fully saturated rings. The molecular formula is C24H28N4O2. The van der Waals surface area contributed by atoms with Crippen LogP contribution >= 0.6 is 0 Å². The van der Waals surface area contributed by atoms with Gasteiger partial charge in [0.1, 0.15) is 6.10 Å². The van der Waals surface area contributed by atoms with Crippen LogP contribution in [0, 0.1) is 0 Å². The molecule has 0 bridgehead atoms. The van der Waals surface area contributed by atoms with E-state index in [0.29, 0.717) is 0 Å². The number of rotatable bonds is 2. The fraction of sp³-hybridized carbons (Fsp3) is 0.458. The van der Waals surface area contributed by atoms with E-state index in [4.69, 9.17) is 4.84 Å². The quantitative estimate of drug-likeness (QED) is 0.828. The number of carbonyl (C=O) groups excluding carboxylic acids is 1. The molecule has 0 saturated carbocycles. The minimum Gasteiger partial charge on any atom is -0.371 e. The Balaban J connectivity index is 1.55. The van der Waals surface area contributed by atoms with Crippen molar-refractivity contribution in [1.82, 2.24) is 4.90 Å². The zero-order valence-electron chi connectivity index (χ0n) is 17.5. The number of anilines is 3. The van der Waals surface area contributed by atoms with Gasteiger partial charge >= 0.3 is 0 Å². The monoisotopic (exact) mass is 404 g/mol. The van der Waals surface area contributed by atoms with Crippen LogP contribution in [0.15, 0.2) is 30.3 Å². The van der Waals surface area contributed by atoms with Crippen LogP contribution in [0.5, 0.6) is 0 Å². The number of carbonyl (C=O) groups is 1. The molecule has 1 atom stereocenters. The molecule has 2 aromatic carbocycles. The van der Waals surface area contributed by atoms with Crippen LogP contribution in [0.1, 0.15) is 52.4 Å². The average Bonchev–Trinajstić information content (AvgIpc) is 3.24. The van der Waals surface area contributed by atoms with Gasteiger partial charge in [-0.05, 0) is 37.9 Å². The molecule has 0 aromatic heterocycles. The van der Waals surface area contributed by atoms with Crippen LogP contribution in [0.4, 0.5) is 17.1 Å². The van der Waals surface area contributed by atoms with Gasteiger partial charge < -0.3 is 14.7 Å². The summed E-state index contributed by atoms with van der Waals surface area (Å²) in [5, 5.41) is 0. The second kappa shape index (κ2) is 7.00. The molecule has 2 saturated heterocycles. The highest BCUT2D eigenvalue weighted by atomic mass is 16.7. The van der Waals surface area contributed by atoms with Crippen LogP contribution in [0.2, 0.25) is 0 Å². The number of hydrogen-bond donors (Lipinski definition) is 1. The Bertz CT molecular complexity index is 1010. The lowest BCUT2D eigenvalue weighted by Crippen LogP contribution is -2.44. The highest BCUT2D eigenvalue weighted by Crippen LogP contribution is 2.52. The maximum absolute atomic E-state index is 13.7. The number of likely N-dealkylation sites (N-methyl/N-ethyl adjacent to an activating group) is 1. The van der Waals surface area contributed by atoms with E-state index in [0.717, 1.165) is 72.9 Å². The molecule has 6 heteroatoms. The van der Waals surface area contributed by atoms with Crippen molar-refractivity contribution in [2.45, 2.75) is 25.4 Å². The molecule has 3 aliphatic heterocycles. The molecule has 3 heterocycles. The molecule has 0 amide bonds. The van der Waals surface area contributed by atoms with Gasteiger partial charge in [0, 0.05) is 50.4 Å². The van der Waals surface area contributed by atoms with Crippen molar-refractivity contribution in [3.63, 3.8) is 0 Å². The highest BCUT2D eigenvalue weighted by Gasteiger charge is 2.42. The molecule has 156 valence electrons. The Morgan fingerprint density at radius 3 is 2.47 bits per heavy atom. The van der Waals surface area contributed by atoms with Crippen molar-refractivity contribution in [3.05, 3.63) is 52.6 Å². The molecule has 1 unspecified atom stereocenters. The standard InChI is InChI=1S/C24H28N4O2/c1-26-11-13-28(14-12-26)19-15-18(27-9-5-2-6-10-27)20-21-22(19)25-30-24(21)17-8-4-3-7-16(17)23(20)29/h3-4,7-8,15,24-25H,2,5-6,9-14H2,1H3. The van der Waals surface area contributed by atoms with Crippen LogP contribution in [-0.4, -0.2) is 57.0 Å². The van der Waals surface area contributed by atoms with E-state index < -0.39 is 0 Å². The molecular weight excluding hydrogens is 376 g/mol. The molecule has 1 N–H and O–H groups in total. The van der Waals surface area contributed by atoms with Crippen molar-refractivity contribution in [2.75, 3.05) is 61.6 Å². The third-order valence-electron chi connectivity index (χ3n) is 7.12. The van der Waals surface area contributed by atoms with Crippen LogP contribution in [-0.2, 0) is 4.84 Å². The van der Waals surface area contributed by atoms with Gasteiger partial charge in [0.05, 0.1) is 22.6 Å². The smallest absolute Gasteiger partial charge is 0.195 e. The van der Waals surface area contributed by atoms with E-state index in [-0.39, 0.29) is 11.9 Å². The predicted molar refractivity (Wildman–Crippen MR) is 119 cm³/mol. The van der Waals surface area contributed by atoms with Crippen LogP contribution in [0.25, 0.3) is 0 Å². The number of nitrogens with zero attached hydrogens (tertiary/aromatic N) is 3. The summed E-state index contributed by atoms with van der Waals surface area (Å²) < 4.78 is 0. The SMILES string of the molecule is CN1CCN(c2cc(N3CCCCC3)c3c4c2NOC4c2ccccc2C3=O)CC1. The summed E-state index contributed by atoms with van der Waals surface area (Å²) in [5.41, 5.74) is 10.1. The van der Waals surface area contributed by atoms with E-state index in [1.54, 1.807) is 0 Å². The van der Waals surface area contributed by atoms with Gasteiger partial charge in [0.25, 0.3) is 0 Å². The summed E-state index contributed by atoms with van der Waals surface area (Å²) in [7, 11) is 2.18. The maximum Gasteiger partial charge on any atom is 0.195 e. The van der Waals surface area contributed by atoms with Gasteiger partial charge in [0.2, 0.25) is 0 Å². The number of piperazine rings is 1. The first kappa shape index (κ1) is 18.2. The number of hydrogen-bond acceptors (Lipinski definition) is 6. The summed E-state index contributed by atoms with van der Waals surface area (Å²) in [6.45, 7) is 6.09. The largest absolute Gasteiger partial charge is 0.371 e. The highest BCUT2D eigenvalue weighted by molar-refractivity contribution is 6.18. The average molecular weight is 405 g/mol. The summed E-state index contributed by atoms with van der Waals surface area (Å²) in [6, 6.07) is 10.2. The van der Waals surface area contributed by atoms with E-state index >= 15 is 0 Å². The first-order chi connectivity index (χ1) is 14.7. The summed E-state index contributed by atoms with van der Waals surface area (Å²) >= 11 is 0. The molecule has 6 nitrogen and oxygen atoms in total. The van der Waals surface area contributed by atoms with Crippen molar-refractivity contribution >= 4 is 22.8 Å². The third kappa shape index (κ3) is 2.67. The number of piperidine rings is 1. The van der Waals surface area contributed by atoms with Crippen LogP contribution < -0.4 is 15.3 Å². The summed E-state index contributed by atoms with van der Waals surface area (Å²) in [4.78, 5) is 27.1. The first-order valence-electron chi connectivity index (χ1n) is 11.2. The Kier molecular flexibility index (Phi) is 4.25. The van der Waals surface area contributed by atoms with Gasteiger partial charge in [-0.3, -0.25) is 15.1 Å². The van der Waals surface area contributed by atoms with Crippen molar-refractivity contribution < 1.29 is 9.63 Å². The normalized spacial score (nSPS) is 23.2. The molecule has 4 aliphatic rings. The van der Waals surface area contributed by atoms with Crippen molar-refractivity contribution in [3.8, 4) is 0 Å². The summed E-state index contributed by atoms with van der Waals surface area (Å²) in [5.74, 6) is 0.135. The number of fused-ring (bicyclic) bond motifs is 2.